The molecule has 0 aliphatic carbocycles. The number of aromatic nitrogens is 4. The maximum absolute atomic E-state index is 12.7. The van der Waals surface area contributed by atoms with E-state index in [9.17, 15) is 9.59 Å². The van der Waals surface area contributed by atoms with Crippen molar-refractivity contribution in [2.75, 3.05) is 31.1 Å². The van der Waals surface area contributed by atoms with Gasteiger partial charge < -0.3 is 9.80 Å². The number of anilines is 1. The van der Waals surface area contributed by atoms with Gasteiger partial charge in [0.25, 0.3) is 5.56 Å². The van der Waals surface area contributed by atoms with Gasteiger partial charge in [-0.25, -0.2) is 15.0 Å². The Morgan fingerprint density at radius 2 is 1.82 bits per heavy atom. The fourth-order valence-corrected chi connectivity index (χ4v) is 4.40. The number of piperazine rings is 1. The van der Waals surface area contributed by atoms with E-state index in [-0.39, 0.29) is 17.9 Å². The number of fused-ring (bicyclic) bond motifs is 1. The van der Waals surface area contributed by atoms with Crippen LogP contribution in [-0.2, 0) is 11.3 Å². The highest BCUT2D eigenvalue weighted by atomic mass is 32.1. The van der Waals surface area contributed by atoms with Crippen molar-refractivity contribution < 1.29 is 4.79 Å². The standard InChI is InChI=1S/C19H22N6O2S/c1-13-14(2)28-17-16(13)18(27)25(12-22-17)7-4-15(26)23-8-10-24(11-9-23)19-20-5-3-6-21-19/h3,5-6,12H,4,7-11H2,1-2H3. The molecular formula is C19H22N6O2S. The molecule has 3 aromatic heterocycles. The van der Waals surface area contributed by atoms with Gasteiger partial charge in [-0.3, -0.25) is 14.2 Å². The first-order valence-corrected chi connectivity index (χ1v) is 10.1. The van der Waals surface area contributed by atoms with Crippen LogP contribution in [0.15, 0.2) is 29.6 Å². The summed E-state index contributed by atoms with van der Waals surface area (Å²) in [6.07, 6.45) is 5.29. The molecule has 0 aromatic carbocycles. The smallest absolute Gasteiger partial charge is 0.262 e. The average molecular weight is 398 g/mol. The Morgan fingerprint density at radius 3 is 2.54 bits per heavy atom. The lowest BCUT2D eigenvalue weighted by Crippen LogP contribution is -2.49. The number of aryl methyl sites for hydroxylation is 3. The summed E-state index contributed by atoms with van der Waals surface area (Å²) in [6, 6.07) is 1.79. The summed E-state index contributed by atoms with van der Waals surface area (Å²) in [4.78, 5) is 44.0. The Labute approximate surface area is 166 Å². The van der Waals surface area contributed by atoms with Gasteiger partial charge >= 0.3 is 0 Å². The van der Waals surface area contributed by atoms with E-state index in [1.165, 1.54) is 11.3 Å². The molecule has 4 rings (SSSR count). The molecule has 0 N–H and O–H groups in total. The Morgan fingerprint density at radius 1 is 1.11 bits per heavy atom. The van der Waals surface area contributed by atoms with Crippen molar-refractivity contribution in [3.05, 3.63) is 45.6 Å². The Hall–Kier alpha value is -2.81. The lowest BCUT2D eigenvalue weighted by molar-refractivity contribution is -0.131. The number of nitrogens with zero attached hydrogens (tertiary/aromatic N) is 6. The van der Waals surface area contributed by atoms with E-state index >= 15 is 0 Å². The van der Waals surface area contributed by atoms with Crippen LogP contribution in [0.3, 0.4) is 0 Å². The van der Waals surface area contributed by atoms with Gasteiger partial charge in [0.2, 0.25) is 11.9 Å². The molecule has 0 bridgehead atoms. The van der Waals surface area contributed by atoms with E-state index in [0.29, 0.717) is 44.1 Å². The third kappa shape index (κ3) is 3.49. The summed E-state index contributed by atoms with van der Waals surface area (Å²) in [5.41, 5.74) is 0.920. The summed E-state index contributed by atoms with van der Waals surface area (Å²) in [5, 5.41) is 0.675. The molecule has 9 heteroatoms. The van der Waals surface area contributed by atoms with E-state index in [2.05, 4.69) is 19.9 Å². The van der Waals surface area contributed by atoms with Crippen molar-refractivity contribution in [1.29, 1.82) is 0 Å². The Balaban J connectivity index is 1.38. The van der Waals surface area contributed by atoms with Crippen LogP contribution in [0.2, 0.25) is 0 Å². The number of amides is 1. The van der Waals surface area contributed by atoms with E-state index < -0.39 is 0 Å². The predicted octanol–water partition coefficient (Wildman–Crippen LogP) is 1.60. The molecule has 1 amide bonds. The highest BCUT2D eigenvalue weighted by Gasteiger charge is 2.22. The van der Waals surface area contributed by atoms with Crippen LogP contribution >= 0.6 is 11.3 Å². The van der Waals surface area contributed by atoms with Crippen molar-refractivity contribution in [3.63, 3.8) is 0 Å². The largest absolute Gasteiger partial charge is 0.339 e. The van der Waals surface area contributed by atoms with E-state index in [4.69, 9.17) is 0 Å². The van der Waals surface area contributed by atoms with Crippen molar-refractivity contribution in [3.8, 4) is 0 Å². The van der Waals surface area contributed by atoms with Crippen LogP contribution in [0.5, 0.6) is 0 Å². The molecule has 0 unspecified atom stereocenters. The molecule has 8 nitrogen and oxygen atoms in total. The molecule has 1 fully saturated rings. The zero-order valence-electron chi connectivity index (χ0n) is 16.0. The van der Waals surface area contributed by atoms with Crippen molar-refractivity contribution in [2.24, 2.45) is 0 Å². The second-order valence-corrected chi connectivity index (χ2v) is 8.08. The maximum Gasteiger partial charge on any atom is 0.262 e. The quantitative estimate of drug-likeness (QED) is 0.664. The average Bonchev–Trinajstić information content (AvgIpc) is 3.02. The lowest BCUT2D eigenvalue weighted by Gasteiger charge is -2.34. The number of carbonyl (C=O) groups excluding carboxylic acids is 1. The zero-order valence-corrected chi connectivity index (χ0v) is 16.8. The van der Waals surface area contributed by atoms with Crippen LogP contribution in [0.4, 0.5) is 5.95 Å². The van der Waals surface area contributed by atoms with Gasteiger partial charge in [0.15, 0.2) is 0 Å². The number of thiophene rings is 1. The number of carbonyl (C=O) groups is 1. The van der Waals surface area contributed by atoms with Crippen LogP contribution in [0.1, 0.15) is 16.9 Å². The van der Waals surface area contributed by atoms with Crippen molar-refractivity contribution in [1.82, 2.24) is 24.4 Å². The fourth-order valence-electron chi connectivity index (χ4n) is 3.41. The second kappa shape index (κ2) is 7.67. The molecule has 0 spiro atoms. The van der Waals surface area contributed by atoms with Crippen LogP contribution in [0, 0.1) is 13.8 Å². The summed E-state index contributed by atoms with van der Waals surface area (Å²) in [7, 11) is 0. The van der Waals surface area contributed by atoms with Gasteiger partial charge in [0.05, 0.1) is 11.7 Å². The highest BCUT2D eigenvalue weighted by Crippen LogP contribution is 2.25. The van der Waals surface area contributed by atoms with E-state index in [1.807, 2.05) is 18.7 Å². The van der Waals surface area contributed by atoms with Gasteiger partial charge in [-0.1, -0.05) is 0 Å². The molecule has 1 aliphatic heterocycles. The summed E-state index contributed by atoms with van der Waals surface area (Å²) < 4.78 is 1.55. The molecule has 146 valence electrons. The lowest BCUT2D eigenvalue weighted by atomic mass is 10.2. The van der Waals surface area contributed by atoms with Gasteiger partial charge in [0, 0.05) is 56.4 Å². The molecule has 1 aliphatic rings. The molecular weight excluding hydrogens is 376 g/mol. The molecule has 28 heavy (non-hydrogen) atoms. The third-order valence-electron chi connectivity index (χ3n) is 5.19. The topological polar surface area (TPSA) is 84.2 Å². The van der Waals surface area contributed by atoms with E-state index in [0.717, 1.165) is 15.3 Å². The van der Waals surface area contributed by atoms with E-state index in [1.54, 1.807) is 29.4 Å². The molecule has 4 heterocycles. The van der Waals surface area contributed by atoms with Crippen LogP contribution in [-0.4, -0.2) is 56.5 Å². The summed E-state index contributed by atoms with van der Waals surface area (Å²) >= 11 is 1.53. The first-order chi connectivity index (χ1) is 13.5. The number of rotatable bonds is 4. The highest BCUT2D eigenvalue weighted by molar-refractivity contribution is 7.18. The SMILES string of the molecule is Cc1sc2ncn(CCC(=O)N3CCN(c4ncccn4)CC3)c(=O)c2c1C. The minimum absolute atomic E-state index is 0.0545. The number of hydrogen-bond donors (Lipinski definition) is 0. The predicted molar refractivity (Wildman–Crippen MR) is 109 cm³/mol. The second-order valence-electron chi connectivity index (χ2n) is 6.87. The minimum atomic E-state index is -0.0642. The number of hydrogen-bond acceptors (Lipinski definition) is 7. The van der Waals surface area contributed by atoms with Gasteiger partial charge in [-0.05, 0) is 25.5 Å². The minimum Gasteiger partial charge on any atom is -0.339 e. The monoisotopic (exact) mass is 398 g/mol. The molecule has 1 saturated heterocycles. The first kappa shape index (κ1) is 18.5. The zero-order chi connectivity index (χ0) is 19.7. The molecule has 0 saturated carbocycles. The molecule has 0 radical (unpaired) electrons. The molecule has 0 atom stereocenters. The summed E-state index contributed by atoms with van der Waals surface area (Å²) in [5.74, 6) is 0.751. The van der Waals surface area contributed by atoms with Gasteiger partial charge in [-0.15, -0.1) is 11.3 Å². The Kier molecular flexibility index (Phi) is 5.08. The van der Waals surface area contributed by atoms with Crippen molar-refractivity contribution >= 4 is 33.4 Å². The van der Waals surface area contributed by atoms with Crippen LogP contribution < -0.4 is 10.5 Å². The summed E-state index contributed by atoms with van der Waals surface area (Å²) in [6.45, 7) is 6.96. The van der Waals surface area contributed by atoms with Crippen molar-refractivity contribution in [2.45, 2.75) is 26.8 Å². The Bertz CT molecular complexity index is 1050. The van der Waals surface area contributed by atoms with Gasteiger partial charge in [-0.2, -0.15) is 0 Å². The van der Waals surface area contributed by atoms with Gasteiger partial charge in [0.1, 0.15) is 4.83 Å². The van der Waals surface area contributed by atoms with Crippen LogP contribution in [0.25, 0.3) is 10.2 Å². The fraction of sp³-hybridized carbons (Fsp3) is 0.421. The first-order valence-electron chi connectivity index (χ1n) is 9.29. The maximum atomic E-state index is 12.7. The third-order valence-corrected chi connectivity index (χ3v) is 6.31. The normalized spacial score (nSPS) is 14.6. The molecule has 3 aromatic rings.